The Hall–Kier alpha value is -1.01. The second kappa shape index (κ2) is 4.70. The molecule has 0 aliphatic carbocycles. The van der Waals surface area contributed by atoms with Crippen LogP contribution in [0.1, 0.15) is 33.6 Å². The first-order chi connectivity index (χ1) is 7.27. The molecule has 100 valence electrons. The number of halogens is 5. The Kier molecular flexibility index (Phi) is 4.42. The molecule has 0 N–H and O–H groups in total. The van der Waals surface area contributed by atoms with E-state index >= 15 is 0 Å². The lowest BCUT2D eigenvalue weighted by molar-refractivity contribution is -0.281. The molecule has 0 atom stereocenters. The Balaban J connectivity index is 4.54. The van der Waals surface area contributed by atoms with Gasteiger partial charge in [0, 0.05) is 5.41 Å². The Bertz CT molecular complexity index is 312. The highest BCUT2D eigenvalue weighted by atomic mass is 19.4. The van der Waals surface area contributed by atoms with Gasteiger partial charge in [0.2, 0.25) is 0 Å². The lowest BCUT2D eigenvalue weighted by atomic mass is 9.87. The van der Waals surface area contributed by atoms with Crippen molar-refractivity contribution in [1.29, 1.82) is 0 Å². The van der Waals surface area contributed by atoms with Crippen molar-refractivity contribution in [3.63, 3.8) is 0 Å². The molecule has 0 aromatic rings. The molecule has 17 heavy (non-hydrogen) atoms. The molecule has 0 aromatic heterocycles. The lowest BCUT2D eigenvalue weighted by Crippen LogP contribution is -2.39. The molecule has 7 heteroatoms. The van der Waals surface area contributed by atoms with E-state index < -0.39 is 41.9 Å². The minimum Gasteiger partial charge on any atom is -0.299 e. The lowest BCUT2D eigenvalue weighted by Gasteiger charge is -2.20. The smallest absolute Gasteiger partial charge is 0.299 e. The van der Waals surface area contributed by atoms with E-state index in [9.17, 15) is 31.5 Å². The molecular formula is C10H13F5O2. The molecule has 0 aliphatic heterocycles. The number of hydrogen-bond donors (Lipinski definition) is 0. The molecule has 0 radical (unpaired) electrons. The zero-order chi connectivity index (χ0) is 14.1. The van der Waals surface area contributed by atoms with Crippen LogP contribution in [0.2, 0.25) is 0 Å². The summed E-state index contributed by atoms with van der Waals surface area (Å²) in [7, 11) is 0. The molecule has 0 saturated heterocycles. The third kappa shape index (κ3) is 4.79. The van der Waals surface area contributed by atoms with E-state index in [0.717, 1.165) is 0 Å². The van der Waals surface area contributed by atoms with Crippen molar-refractivity contribution in [2.24, 2.45) is 5.41 Å². The number of carbonyl (C=O) groups is 2. The van der Waals surface area contributed by atoms with E-state index in [4.69, 9.17) is 0 Å². The van der Waals surface area contributed by atoms with Crippen molar-refractivity contribution >= 4 is 11.6 Å². The van der Waals surface area contributed by atoms with Gasteiger partial charge in [-0.3, -0.25) is 9.59 Å². The molecule has 0 unspecified atom stereocenters. The molecule has 0 bridgehead atoms. The van der Waals surface area contributed by atoms with Gasteiger partial charge in [-0.1, -0.05) is 20.8 Å². The summed E-state index contributed by atoms with van der Waals surface area (Å²) in [5.74, 6) is -7.16. The fourth-order valence-electron chi connectivity index (χ4n) is 0.855. The van der Waals surface area contributed by atoms with Gasteiger partial charge in [-0.25, -0.2) is 0 Å². The first-order valence-electron chi connectivity index (χ1n) is 4.77. The van der Waals surface area contributed by atoms with E-state index in [1.54, 1.807) is 0 Å². The molecule has 0 fully saturated rings. The van der Waals surface area contributed by atoms with Gasteiger partial charge in [0.1, 0.15) is 11.6 Å². The summed E-state index contributed by atoms with van der Waals surface area (Å²) in [4.78, 5) is 22.2. The molecular weight excluding hydrogens is 247 g/mol. The van der Waals surface area contributed by atoms with Crippen molar-refractivity contribution in [3.8, 4) is 0 Å². The van der Waals surface area contributed by atoms with Crippen LogP contribution in [0.4, 0.5) is 22.0 Å². The summed E-state index contributed by atoms with van der Waals surface area (Å²) in [6.07, 6.45) is -8.67. The monoisotopic (exact) mass is 260 g/mol. The maximum absolute atomic E-state index is 12.5. The van der Waals surface area contributed by atoms with Crippen LogP contribution in [0, 0.1) is 5.41 Å². The molecule has 0 aliphatic rings. The minimum atomic E-state index is -5.77. The number of carbonyl (C=O) groups excluding carboxylic acids is 2. The first-order valence-corrected chi connectivity index (χ1v) is 4.77. The summed E-state index contributed by atoms with van der Waals surface area (Å²) in [5.41, 5.74) is -0.941. The molecule has 0 heterocycles. The third-order valence-electron chi connectivity index (χ3n) is 2.03. The largest absolute Gasteiger partial charge is 0.453 e. The number of Topliss-reactive ketones (excluding diaryl/α,β-unsaturated/α-hetero) is 2. The van der Waals surface area contributed by atoms with Gasteiger partial charge in [-0.2, -0.15) is 22.0 Å². The summed E-state index contributed by atoms with van der Waals surface area (Å²) >= 11 is 0. The minimum absolute atomic E-state index is 0.666. The van der Waals surface area contributed by atoms with Crippen molar-refractivity contribution in [1.82, 2.24) is 0 Å². The van der Waals surface area contributed by atoms with E-state index in [-0.39, 0.29) is 0 Å². The van der Waals surface area contributed by atoms with Crippen LogP contribution in [-0.2, 0) is 9.59 Å². The molecule has 0 saturated carbocycles. The summed E-state index contributed by atoms with van der Waals surface area (Å²) in [6, 6.07) is 0. The van der Waals surface area contributed by atoms with Crippen LogP contribution in [0.25, 0.3) is 0 Å². The van der Waals surface area contributed by atoms with Gasteiger partial charge < -0.3 is 0 Å². The summed E-state index contributed by atoms with van der Waals surface area (Å²) < 4.78 is 60.3. The van der Waals surface area contributed by atoms with E-state index in [2.05, 4.69) is 0 Å². The predicted octanol–water partition coefficient (Wildman–Crippen LogP) is 3.15. The Morgan fingerprint density at radius 3 is 1.65 bits per heavy atom. The van der Waals surface area contributed by atoms with Gasteiger partial charge in [0.05, 0.1) is 12.8 Å². The Morgan fingerprint density at radius 1 is 0.941 bits per heavy atom. The number of rotatable bonds is 4. The predicted molar refractivity (Wildman–Crippen MR) is 49.7 cm³/mol. The van der Waals surface area contributed by atoms with Gasteiger partial charge >= 0.3 is 12.1 Å². The van der Waals surface area contributed by atoms with Crippen LogP contribution >= 0.6 is 0 Å². The van der Waals surface area contributed by atoms with Crippen LogP contribution < -0.4 is 0 Å². The first kappa shape index (κ1) is 16.0. The maximum atomic E-state index is 12.5. The van der Waals surface area contributed by atoms with Gasteiger partial charge in [-0.15, -0.1) is 0 Å². The normalized spacial score (nSPS) is 13.6. The average Bonchev–Trinajstić information content (AvgIpc) is 1.97. The zero-order valence-electron chi connectivity index (χ0n) is 9.62. The van der Waals surface area contributed by atoms with Crippen LogP contribution in [0.5, 0.6) is 0 Å². The Labute approximate surface area is 95.2 Å². The van der Waals surface area contributed by atoms with Crippen molar-refractivity contribution in [2.45, 2.75) is 45.7 Å². The summed E-state index contributed by atoms with van der Waals surface area (Å²) in [6.45, 7) is 4.35. The SMILES string of the molecule is CC(C)(C)C(=O)CC(=O)CC(F)(F)C(F)(F)F. The maximum Gasteiger partial charge on any atom is 0.453 e. The molecule has 0 amide bonds. The standard InChI is InChI=1S/C10H13F5O2/c1-8(2,3)7(17)4-6(16)5-9(11,12)10(13,14)15/h4-5H2,1-3H3. The second-order valence-electron chi connectivity index (χ2n) is 4.77. The second-order valence-corrected chi connectivity index (χ2v) is 4.77. The average molecular weight is 260 g/mol. The van der Waals surface area contributed by atoms with Crippen LogP contribution in [0.15, 0.2) is 0 Å². The molecule has 0 spiro atoms. The highest BCUT2D eigenvalue weighted by molar-refractivity contribution is 6.01. The fourth-order valence-corrected chi connectivity index (χ4v) is 0.855. The molecule has 0 aromatic carbocycles. The number of ketones is 2. The van der Waals surface area contributed by atoms with Crippen molar-refractivity contribution < 1.29 is 31.5 Å². The Morgan fingerprint density at radius 2 is 1.35 bits per heavy atom. The van der Waals surface area contributed by atoms with Crippen molar-refractivity contribution in [2.75, 3.05) is 0 Å². The fraction of sp³-hybridized carbons (Fsp3) is 0.800. The van der Waals surface area contributed by atoms with Crippen molar-refractivity contribution in [3.05, 3.63) is 0 Å². The quantitative estimate of drug-likeness (QED) is 0.574. The molecule has 2 nitrogen and oxygen atoms in total. The zero-order valence-corrected chi connectivity index (χ0v) is 9.62. The highest BCUT2D eigenvalue weighted by Gasteiger charge is 2.58. The van der Waals surface area contributed by atoms with E-state index in [1.165, 1.54) is 20.8 Å². The van der Waals surface area contributed by atoms with Gasteiger partial charge in [0.15, 0.2) is 0 Å². The van der Waals surface area contributed by atoms with E-state index in [1.807, 2.05) is 0 Å². The van der Waals surface area contributed by atoms with Crippen LogP contribution in [-0.4, -0.2) is 23.7 Å². The highest BCUT2D eigenvalue weighted by Crippen LogP contribution is 2.38. The van der Waals surface area contributed by atoms with E-state index in [0.29, 0.717) is 0 Å². The van der Waals surface area contributed by atoms with Gasteiger partial charge in [-0.05, 0) is 0 Å². The van der Waals surface area contributed by atoms with Gasteiger partial charge in [0.25, 0.3) is 0 Å². The third-order valence-corrected chi connectivity index (χ3v) is 2.03. The number of alkyl halides is 5. The molecule has 0 rings (SSSR count). The summed E-state index contributed by atoms with van der Waals surface area (Å²) in [5, 5.41) is 0. The topological polar surface area (TPSA) is 34.1 Å². The number of hydrogen-bond acceptors (Lipinski definition) is 2. The van der Waals surface area contributed by atoms with Crippen LogP contribution in [0.3, 0.4) is 0 Å².